The number of hydrogen-bond donors (Lipinski definition) is 3. The van der Waals surface area contributed by atoms with E-state index in [1.54, 1.807) is 5.48 Å². The Hall–Kier alpha value is -1.10. The Morgan fingerprint density at radius 2 is 1.79 bits per heavy atom. The molecule has 5 heteroatoms. The smallest absolute Gasteiger partial charge is 0.243 e. The second-order valence-electron chi connectivity index (χ2n) is 3.18. The van der Waals surface area contributed by atoms with E-state index in [2.05, 4.69) is 5.32 Å². The lowest BCUT2D eigenvalue weighted by Crippen LogP contribution is -2.20. The summed E-state index contributed by atoms with van der Waals surface area (Å²) in [5.41, 5.74) is 1.59. The first-order chi connectivity index (χ1) is 6.66. The Morgan fingerprint density at radius 3 is 2.36 bits per heavy atom. The van der Waals surface area contributed by atoms with Gasteiger partial charge in [-0.25, -0.2) is 5.48 Å². The van der Waals surface area contributed by atoms with Crippen LogP contribution in [0.15, 0.2) is 0 Å². The van der Waals surface area contributed by atoms with Crippen molar-refractivity contribution in [3.05, 3.63) is 0 Å². The average Bonchev–Trinajstić information content (AvgIpc) is 2.15. The molecular weight excluding hydrogens is 184 g/mol. The highest BCUT2D eigenvalue weighted by Crippen LogP contribution is 2.01. The fraction of sp³-hybridized carbons (Fsp3) is 0.778. The number of carbonyl (C=O) groups is 2. The zero-order valence-electron chi connectivity index (χ0n) is 8.51. The van der Waals surface area contributed by atoms with Crippen LogP contribution in [0.2, 0.25) is 0 Å². The summed E-state index contributed by atoms with van der Waals surface area (Å²) in [6, 6.07) is 0. The minimum atomic E-state index is -0.341. The van der Waals surface area contributed by atoms with Gasteiger partial charge in [-0.2, -0.15) is 0 Å². The number of nitrogens with one attached hydrogen (secondary N) is 2. The molecule has 82 valence electrons. The van der Waals surface area contributed by atoms with Crippen molar-refractivity contribution in [2.75, 3.05) is 6.54 Å². The molecule has 0 radical (unpaired) electrons. The van der Waals surface area contributed by atoms with Crippen LogP contribution >= 0.6 is 0 Å². The molecule has 0 spiro atoms. The van der Waals surface area contributed by atoms with E-state index in [0.717, 1.165) is 25.7 Å². The highest BCUT2D eigenvalue weighted by molar-refractivity contribution is 5.74. The van der Waals surface area contributed by atoms with E-state index in [-0.39, 0.29) is 11.8 Å². The third-order valence-electron chi connectivity index (χ3n) is 1.83. The fourth-order valence-corrected chi connectivity index (χ4v) is 1.08. The number of hydrogen-bond acceptors (Lipinski definition) is 3. The second kappa shape index (κ2) is 8.50. The first-order valence-electron chi connectivity index (χ1n) is 4.84. The summed E-state index contributed by atoms with van der Waals surface area (Å²) in [6.07, 6.45) is 3.98. The predicted molar refractivity (Wildman–Crippen MR) is 51.7 cm³/mol. The van der Waals surface area contributed by atoms with Gasteiger partial charge in [0, 0.05) is 19.9 Å². The molecule has 0 aliphatic rings. The second-order valence-corrected chi connectivity index (χ2v) is 3.18. The van der Waals surface area contributed by atoms with Crippen molar-refractivity contribution >= 4 is 11.8 Å². The van der Waals surface area contributed by atoms with Gasteiger partial charge in [0.05, 0.1) is 0 Å². The van der Waals surface area contributed by atoms with Crippen molar-refractivity contribution in [2.45, 2.75) is 39.0 Å². The Kier molecular flexibility index (Phi) is 7.83. The molecule has 0 aliphatic carbocycles. The molecule has 0 atom stereocenters. The minimum Gasteiger partial charge on any atom is -0.356 e. The predicted octanol–water partition coefficient (Wildman–Crippen LogP) is 0.578. The summed E-state index contributed by atoms with van der Waals surface area (Å²) in [4.78, 5) is 21.0. The Bertz CT molecular complexity index is 183. The van der Waals surface area contributed by atoms with Gasteiger partial charge in [0.25, 0.3) is 0 Å². The molecule has 0 saturated carbocycles. The molecule has 0 aromatic carbocycles. The number of unbranched alkanes of at least 4 members (excludes halogenated alkanes) is 3. The first-order valence-corrected chi connectivity index (χ1v) is 4.84. The maximum Gasteiger partial charge on any atom is 0.243 e. The van der Waals surface area contributed by atoms with E-state index < -0.39 is 0 Å². The lowest BCUT2D eigenvalue weighted by molar-refractivity contribution is -0.129. The summed E-state index contributed by atoms with van der Waals surface area (Å²) < 4.78 is 0. The summed E-state index contributed by atoms with van der Waals surface area (Å²) in [5.74, 6) is -0.350. The van der Waals surface area contributed by atoms with Gasteiger partial charge < -0.3 is 5.32 Å². The van der Waals surface area contributed by atoms with Crippen molar-refractivity contribution in [2.24, 2.45) is 0 Å². The normalized spacial score (nSPS) is 9.57. The van der Waals surface area contributed by atoms with Gasteiger partial charge in [0.2, 0.25) is 11.8 Å². The highest BCUT2D eigenvalue weighted by atomic mass is 16.5. The SMILES string of the molecule is CC(=O)NCCCCCCC(=O)NO. The van der Waals surface area contributed by atoms with Crippen LogP contribution in [0.1, 0.15) is 39.0 Å². The van der Waals surface area contributed by atoms with Crippen LogP contribution in [0.4, 0.5) is 0 Å². The van der Waals surface area contributed by atoms with E-state index in [9.17, 15) is 9.59 Å². The Balaban J connectivity index is 3.06. The monoisotopic (exact) mass is 202 g/mol. The molecule has 0 rings (SSSR count). The number of rotatable bonds is 7. The third kappa shape index (κ3) is 8.99. The van der Waals surface area contributed by atoms with Gasteiger partial charge in [0.1, 0.15) is 0 Å². The molecule has 0 aliphatic heterocycles. The summed E-state index contributed by atoms with van der Waals surface area (Å²) >= 11 is 0. The quantitative estimate of drug-likeness (QED) is 0.321. The average molecular weight is 202 g/mol. The molecule has 0 saturated heterocycles. The van der Waals surface area contributed by atoms with Crippen LogP contribution < -0.4 is 10.8 Å². The van der Waals surface area contributed by atoms with E-state index >= 15 is 0 Å². The summed E-state index contributed by atoms with van der Waals surface area (Å²) in [5, 5.41) is 10.9. The maximum atomic E-state index is 10.6. The third-order valence-corrected chi connectivity index (χ3v) is 1.83. The largest absolute Gasteiger partial charge is 0.356 e. The van der Waals surface area contributed by atoms with Crippen LogP contribution in [0.25, 0.3) is 0 Å². The molecule has 0 fully saturated rings. The van der Waals surface area contributed by atoms with E-state index in [0.29, 0.717) is 13.0 Å². The number of amides is 2. The topological polar surface area (TPSA) is 78.4 Å². The van der Waals surface area contributed by atoms with Crippen molar-refractivity contribution in [1.29, 1.82) is 0 Å². The van der Waals surface area contributed by atoms with Crippen molar-refractivity contribution < 1.29 is 14.8 Å². The molecule has 5 nitrogen and oxygen atoms in total. The minimum absolute atomic E-state index is 0.00958. The fourth-order valence-electron chi connectivity index (χ4n) is 1.08. The van der Waals surface area contributed by atoms with Gasteiger partial charge in [-0.1, -0.05) is 12.8 Å². The first kappa shape index (κ1) is 12.9. The lowest BCUT2D eigenvalue weighted by atomic mass is 10.1. The van der Waals surface area contributed by atoms with Gasteiger partial charge in [0.15, 0.2) is 0 Å². The van der Waals surface area contributed by atoms with E-state index in [4.69, 9.17) is 5.21 Å². The van der Waals surface area contributed by atoms with Gasteiger partial charge in [-0.15, -0.1) is 0 Å². The van der Waals surface area contributed by atoms with Gasteiger partial charge in [-0.3, -0.25) is 14.8 Å². The molecule has 0 heterocycles. The summed E-state index contributed by atoms with van der Waals surface area (Å²) in [6.45, 7) is 2.19. The molecule has 3 N–H and O–H groups in total. The zero-order chi connectivity index (χ0) is 10.8. The van der Waals surface area contributed by atoms with Crippen LogP contribution in [-0.2, 0) is 9.59 Å². The van der Waals surface area contributed by atoms with Crippen LogP contribution in [0, 0.1) is 0 Å². The molecule has 0 aromatic heterocycles. The molecular formula is C9H18N2O3. The zero-order valence-corrected chi connectivity index (χ0v) is 8.51. The van der Waals surface area contributed by atoms with Crippen molar-refractivity contribution in [1.82, 2.24) is 10.8 Å². The number of hydroxylamine groups is 1. The standard InChI is InChI=1S/C9H18N2O3/c1-8(12)10-7-5-3-2-4-6-9(13)11-14/h14H,2-7H2,1H3,(H,10,12)(H,11,13). The Morgan fingerprint density at radius 1 is 1.14 bits per heavy atom. The van der Waals surface area contributed by atoms with Crippen molar-refractivity contribution in [3.8, 4) is 0 Å². The van der Waals surface area contributed by atoms with Gasteiger partial charge in [-0.05, 0) is 12.8 Å². The van der Waals surface area contributed by atoms with E-state index in [1.807, 2.05) is 0 Å². The number of carbonyl (C=O) groups excluding carboxylic acids is 2. The highest BCUT2D eigenvalue weighted by Gasteiger charge is 1.98. The van der Waals surface area contributed by atoms with Gasteiger partial charge >= 0.3 is 0 Å². The molecule has 0 bridgehead atoms. The van der Waals surface area contributed by atoms with Crippen LogP contribution in [0.5, 0.6) is 0 Å². The van der Waals surface area contributed by atoms with Crippen molar-refractivity contribution in [3.63, 3.8) is 0 Å². The van der Waals surface area contributed by atoms with Crippen LogP contribution in [0.3, 0.4) is 0 Å². The Labute approximate surface area is 83.8 Å². The molecule has 0 aromatic rings. The van der Waals surface area contributed by atoms with E-state index in [1.165, 1.54) is 6.92 Å². The van der Waals surface area contributed by atoms with Crippen LogP contribution in [-0.4, -0.2) is 23.6 Å². The summed E-state index contributed by atoms with van der Waals surface area (Å²) in [7, 11) is 0. The molecule has 0 unspecified atom stereocenters. The molecule has 14 heavy (non-hydrogen) atoms. The lowest BCUT2D eigenvalue weighted by Gasteiger charge is -2.01. The molecule has 2 amide bonds. The maximum absolute atomic E-state index is 10.6.